The van der Waals surface area contributed by atoms with E-state index < -0.39 is 0 Å². The highest BCUT2D eigenvalue weighted by molar-refractivity contribution is 6.30. The van der Waals surface area contributed by atoms with Crippen LogP contribution in [0.3, 0.4) is 0 Å². The Morgan fingerprint density at radius 2 is 1.78 bits per heavy atom. The number of hydrogen-bond donors (Lipinski definition) is 0. The lowest BCUT2D eigenvalue weighted by Crippen LogP contribution is -2.30. The summed E-state index contributed by atoms with van der Waals surface area (Å²) < 4.78 is 6.28. The molecule has 1 aliphatic rings. The van der Waals surface area contributed by atoms with Crippen molar-refractivity contribution in [3.63, 3.8) is 0 Å². The fraction of sp³-hybridized carbons (Fsp3) is 0.400. The van der Waals surface area contributed by atoms with Crippen molar-refractivity contribution in [3.8, 4) is 0 Å². The van der Waals surface area contributed by atoms with E-state index >= 15 is 0 Å². The summed E-state index contributed by atoms with van der Waals surface area (Å²) >= 11 is 6.02. The van der Waals surface area contributed by atoms with Gasteiger partial charge in [0.1, 0.15) is 6.10 Å². The minimum absolute atomic E-state index is 0.0358. The van der Waals surface area contributed by atoms with Crippen LogP contribution < -0.4 is 0 Å². The van der Waals surface area contributed by atoms with E-state index in [4.69, 9.17) is 16.3 Å². The molecule has 0 amide bonds. The molecule has 122 valence electrons. The number of benzene rings is 2. The van der Waals surface area contributed by atoms with E-state index in [-0.39, 0.29) is 6.10 Å². The Bertz CT molecular complexity index is 599. The van der Waals surface area contributed by atoms with Crippen LogP contribution in [0.25, 0.3) is 0 Å². The van der Waals surface area contributed by atoms with E-state index in [9.17, 15) is 0 Å². The van der Waals surface area contributed by atoms with Crippen molar-refractivity contribution in [3.05, 3.63) is 70.7 Å². The zero-order valence-corrected chi connectivity index (χ0v) is 14.4. The highest BCUT2D eigenvalue weighted by Gasteiger charge is 2.21. The largest absolute Gasteiger partial charge is 0.367 e. The topological polar surface area (TPSA) is 12.5 Å². The summed E-state index contributed by atoms with van der Waals surface area (Å²) in [4.78, 5) is 2.52. The van der Waals surface area contributed by atoms with E-state index in [2.05, 4.69) is 48.2 Å². The molecule has 2 aromatic rings. The van der Waals surface area contributed by atoms with Gasteiger partial charge in [0.05, 0.1) is 6.61 Å². The monoisotopic (exact) mass is 329 g/mol. The molecule has 0 unspecified atom stereocenters. The van der Waals surface area contributed by atoms with Crippen molar-refractivity contribution < 1.29 is 4.74 Å². The van der Waals surface area contributed by atoms with E-state index in [1.807, 2.05) is 18.2 Å². The summed E-state index contributed by atoms with van der Waals surface area (Å²) in [6, 6.07) is 19.1. The van der Waals surface area contributed by atoms with Gasteiger partial charge in [-0.1, -0.05) is 54.1 Å². The van der Waals surface area contributed by atoms with Gasteiger partial charge in [-0.25, -0.2) is 0 Å². The van der Waals surface area contributed by atoms with Gasteiger partial charge in [0, 0.05) is 17.6 Å². The first-order chi connectivity index (χ1) is 11.2. The Morgan fingerprint density at radius 3 is 2.43 bits per heavy atom. The molecule has 2 aromatic carbocycles. The molecule has 0 N–H and O–H groups in total. The van der Waals surface area contributed by atoms with E-state index in [0.717, 1.165) is 23.7 Å². The van der Waals surface area contributed by atoms with E-state index in [0.29, 0.717) is 6.04 Å². The summed E-state index contributed by atoms with van der Waals surface area (Å²) in [5.74, 6) is 0. The van der Waals surface area contributed by atoms with Gasteiger partial charge in [0.25, 0.3) is 0 Å². The van der Waals surface area contributed by atoms with E-state index in [1.54, 1.807) is 0 Å². The Morgan fingerprint density at radius 1 is 1.09 bits per heavy atom. The maximum absolute atomic E-state index is 6.28. The molecule has 0 aromatic heterocycles. The lowest BCUT2D eigenvalue weighted by atomic mass is 10.0. The molecule has 2 atom stereocenters. The third kappa shape index (κ3) is 4.35. The number of likely N-dealkylation sites (tertiary alicyclic amines) is 1. The number of hydrogen-bond acceptors (Lipinski definition) is 2. The molecule has 3 heteroatoms. The smallest absolute Gasteiger partial charge is 0.108 e. The minimum atomic E-state index is -0.0358. The van der Waals surface area contributed by atoms with Crippen LogP contribution in [-0.4, -0.2) is 30.6 Å². The van der Waals surface area contributed by atoms with E-state index in [1.165, 1.54) is 24.9 Å². The van der Waals surface area contributed by atoms with Crippen molar-refractivity contribution in [1.29, 1.82) is 0 Å². The molecule has 0 radical (unpaired) electrons. The second kappa shape index (κ2) is 7.96. The first-order valence-corrected chi connectivity index (χ1v) is 8.78. The lowest BCUT2D eigenvalue weighted by molar-refractivity contribution is 0.0585. The minimum Gasteiger partial charge on any atom is -0.367 e. The van der Waals surface area contributed by atoms with Crippen molar-refractivity contribution in [2.24, 2.45) is 0 Å². The van der Waals surface area contributed by atoms with Gasteiger partial charge in [0.2, 0.25) is 0 Å². The molecular formula is C20H24ClNO. The number of nitrogens with zero attached hydrogens (tertiary/aromatic N) is 1. The molecule has 0 saturated carbocycles. The third-order valence-electron chi connectivity index (χ3n) is 4.63. The van der Waals surface area contributed by atoms with Crippen LogP contribution in [0.4, 0.5) is 0 Å². The molecule has 3 rings (SSSR count). The molecular weight excluding hydrogens is 306 g/mol. The maximum atomic E-state index is 6.28. The van der Waals surface area contributed by atoms with Crippen LogP contribution in [-0.2, 0) is 4.74 Å². The number of ether oxygens (including phenoxy) is 1. The Hall–Kier alpha value is -1.35. The highest BCUT2D eigenvalue weighted by atomic mass is 35.5. The molecule has 23 heavy (non-hydrogen) atoms. The fourth-order valence-electron chi connectivity index (χ4n) is 3.26. The maximum Gasteiger partial charge on any atom is 0.108 e. The van der Waals surface area contributed by atoms with Crippen LogP contribution in [0.15, 0.2) is 54.6 Å². The zero-order valence-electron chi connectivity index (χ0n) is 13.6. The Kier molecular flexibility index (Phi) is 5.71. The predicted octanol–water partition coefficient (Wildman–Crippen LogP) is 4.93. The quantitative estimate of drug-likeness (QED) is 0.745. The first kappa shape index (κ1) is 16.5. The number of halogens is 1. The molecule has 1 heterocycles. The van der Waals surface area contributed by atoms with Gasteiger partial charge in [0.15, 0.2) is 0 Å². The van der Waals surface area contributed by atoms with Gasteiger partial charge < -0.3 is 4.74 Å². The lowest BCUT2D eigenvalue weighted by Gasteiger charge is -2.24. The van der Waals surface area contributed by atoms with Crippen molar-refractivity contribution >= 4 is 11.6 Å². The van der Waals surface area contributed by atoms with Crippen molar-refractivity contribution in [2.75, 3.05) is 19.7 Å². The second-order valence-electron chi connectivity index (χ2n) is 6.24. The second-order valence-corrected chi connectivity index (χ2v) is 6.68. The molecule has 1 aliphatic heterocycles. The average Bonchev–Trinajstić information content (AvgIpc) is 2.99. The molecule has 1 saturated heterocycles. The molecule has 0 aliphatic carbocycles. The summed E-state index contributed by atoms with van der Waals surface area (Å²) in [7, 11) is 0. The SMILES string of the molecule is C[C@@H]1CCCN1CCO[C@@H](c1ccccc1)c1ccc(Cl)cc1. The van der Waals surface area contributed by atoms with Gasteiger partial charge in [-0.2, -0.15) is 0 Å². The van der Waals surface area contributed by atoms with Gasteiger partial charge in [-0.3, -0.25) is 4.90 Å². The normalized spacial score (nSPS) is 19.8. The van der Waals surface area contributed by atoms with Crippen LogP contribution in [0.1, 0.15) is 37.0 Å². The summed E-state index contributed by atoms with van der Waals surface area (Å²) in [5, 5.41) is 0.756. The zero-order chi connectivity index (χ0) is 16.1. The summed E-state index contributed by atoms with van der Waals surface area (Å²) in [6.07, 6.45) is 2.58. The summed E-state index contributed by atoms with van der Waals surface area (Å²) in [6.45, 7) is 5.24. The number of rotatable bonds is 6. The van der Waals surface area contributed by atoms with Crippen LogP contribution >= 0.6 is 11.6 Å². The molecule has 2 nitrogen and oxygen atoms in total. The van der Waals surface area contributed by atoms with Crippen molar-refractivity contribution in [1.82, 2.24) is 4.90 Å². The molecule has 0 bridgehead atoms. The fourth-order valence-corrected chi connectivity index (χ4v) is 3.39. The third-order valence-corrected chi connectivity index (χ3v) is 4.88. The van der Waals surface area contributed by atoms with Crippen molar-refractivity contribution in [2.45, 2.75) is 31.9 Å². The Balaban J connectivity index is 1.69. The van der Waals surface area contributed by atoms with Gasteiger partial charge in [-0.15, -0.1) is 0 Å². The van der Waals surface area contributed by atoms with Crippen LogP contribution in [0, 0.1) is 0 Å². The molecule has 1 fully saturated rings. The standard InChI is InChI=1S/C20H24ClNO/c1-16-6-5-13-22(16)14-15-23-20(17-7-3-2-4-8-17)18-9-11-19(21)12-10-18/h2-4,7-12,16,20H,5-6,13-15H2,1H3/t16-,20+/m1/s1. The average molecular weight is 330 g/mol. The predicted molar refractivity (Wildman–Crippen MR) is 96.0 cm³/mol. The van der Waals surface area contributed by atoms with Gasteiger partial charge >= 0.3 is 0 Å². The van der Waals surface area contributed by atoms with Crippen LogP contribution in [0.2, 0.25) is 5.02 Å². The Labute approximate surface area is 144 Å². The first-order valence-electron chi connectivity index (χ1n) is 8.40. The van der Waals surface area contributed by atoms with Gasteiger partial charge in [-0.05, 0) is 49.6 Å². The summed E-state index contributed by atoms with van der Waals surface area (Å²) in [5.41, 5.74) is 2.33. The highest BCUT2D eigenvalue weighted by Crippen LogP contribution is 2.27. The molecule has 0 spiro atoms. The van der Waals surface area contributed by atoms with Crippen LogP contribution in [0.5, 0.6) is 0 Å².